The molecule has 4 rings (SSSR count). The zero-order valence-corrected chi connectivity index (χ0v) is 14.5. The molecule has 0 unspecified atom stereocenters. The fourth-order valence-corrected chi connectivity index (χ4v) is 3.48. The van der Waals surface area contributed by atoms with Gasteiger partial charge in [-0.05, 0) is 42.5 Å². The topological polar surface area (TPSA) is 34.6 Å². The molecule has 0 radical (unpaired) electrons. The lowest BCUT2D eigenvalue weighted by Gasteiger charge is -2.18. The van der Waals surface area contributed by atoms with Crippen molar-refractivity contribution >= 4 is 17.0 Å². The second-order valence-corrected chi connectivity index (χ2v) is 6.70. The van der Waals surface area contributed by atoms with Gasteiger partial charge < -0.3 is 14.4 Å². The Hall–Kier alpha value is -2.53. The Balaban J connectivity index is 1.62. The van der Waals surface area contributed by atoms with Gasteiger partial charge in [0.2, 0.25) is 0 Å². The van der Waals surface area contributed by atoms with Crippen LogP contribution in [-0.2, 0) is 0 Å². The van der Waals surface area contributed by atoms with Crippen LogP contribution < -0.4 is 14.4 Å². The first-order chi connectivity index (χ1) is 11.7. The highest BCUT2D eigenvalue weighted by molar-refractivity contribution is 7.13. The SMILES string of the molecule is CN(C)c1ccc(-c2nc(-c3ccc4c(c3)OCCO4)cs2)cc1. The van der Waals surface area contributed by atoms with E-state index in [0.29, 0.717) is 13.2 Å². The van der Waals surface area contributed by atoms with Crippen LogP contribution in [0, 0.1) is 0 Å². The molecule has 0 fully saturated rings. The second kappa shape index (κ2) is 6.17. The Morgan fingerprint density at radius 1 is 0.917 bits per heavy atom. The fourth-order valence-electron chi connectivity index (χ4n) is 2.64. The number of benzene rings is 2. The lowest BCUT2D eigenvalue weighted by atomic mass is 10.1. The van der Waals surface area contributed by atoms with Crippen molar-refractivity contribution in [1.29, 1.82) is 0 Å². The van der Waals surface area contributed by atoms with E-state index < -0.39 is 0 Å². The van der Waals surface area contributed by atoms with Crippen molar-refractivity contribution < 1.29 is 9.47 Å². The number of anilines is 1. The minimum Gasteiger partial charge on any atom is -0.486 e. The Bertz CT molecular complexity index is 856. The average Bonchev–Trinajstić information content (AvgIpc) is 3.11. The largest absolute Gasteiger partial charge is 0.486 e. The van der Waals surface area contributed by atoms with Crippen LogP contribution in [0.1, 0.15) is 0 Å². The monoisotopic (exact) mass is 338 g/mol. The molecule has 2 aromatic carbocycles. The van der Waals surface area contributed by atoms with E-state index in [4.69, 9.17) is 14.5 Å². The average molecular weight is 338 g/mol. The molecule has 0 spiro atoms. The van der Waals surface area contributed by atoms with Gasteiger partial charge >= 0.3 is 0 Å². The molecule has 24 heavy (non-hydrogen) atoms. The summed E-state index contributed by atoms with van der Waals surface area (Å²) in [5.74, 6) is 1.60. The summed E-state index contributed by atoms with van der Waals surface area (Å²) >= 11 is 1.65. The third-order valence-electron chi connectivity index (χ3n) is 3.97. The third kappa shape index (κ3) is 2.83. The summed E-state index contributed by atoms with van der Waals surface area (Å²) in [5, 5.41) is 3.10. The highest BCUT2D eigenvalue weighted by Gasteiger charge is 2.14. The third-order valence-corrected chi connectivity index (χ3v) is 4.86. The number of nitrogens with zero attached hydrogens (tertiary/aromatic N) is 2. The Morgan fingerprint density at radius 3 is 2.38 bits per heavy atom. The Kier molecular flexibility index (Phi) is 3.86. The van der Waals surface area contributed by atoms with E-state index in [1.54, 1.807) is 11.3 Å². The molecular weight excluding hydrogens is 320 g/mol. The molecule has 1 aliphatic heterocycles. The predicted molar refractivity (Wildman–Crippen MR) is 98.3 cm³/mol. The maximum atomic E-state index is 5.66. The van der Waals surface area contributed by atoms with Gasteiger partial charge in [-0.1, -0.05) is 0 Å². The summed E-state index contributed by atoms with van der Waals surface area (Å²) in [5.41, 5.74) is 4.33. The molecule has 0 aliphatic carbocycles. The molecule has 0 atom stereocenters. The van der Waals surface area contributed by atoms with Crippen LogP contribution in [-0.4, -0.2) is 32.3 Å². The summed E-state index contributed by atoms with van der Waals surface area (Å²) in [4.78, 5) is 6.87. The molecule has 0 saturated carbocycles. The fraction of sp³-hybridized carbons (Fsp3) is 0.211. The van der Waals surface area contributed by atoms with Gasteiger partial charge in [0, 0.05) is 36.3 Å². The van der Waals surface area contributed by atoms with E-state index in [1.165, 1.54) is 5.69 Å². The summed E-state index contributed by atoms with van der Waals surface area (Å²) in [7, 11) is 4.08. The first-order valence-corrected chi connectivity index (χ1v) is 8.72. The Morgan fingerprint density at radius 2 is 1.62 bits per heavy atom. The maximum absolute atomic E-state index is 5.66. The van der Waals surface area contributed by atoms with Crippen LogP contribution >= 0.6 is 11.3 Å². The number of thiazole rings is 1. The van der Waals surface area contributed by atoms with Crippen LogP contribution in [0.15, 0.2) is 47.8 Å². The van der Waals surface area contributed by atoms with Gasteiger partial charge in [-0.2, -0.15) is 0 Å². The van der Waals surface area contributed by atoms with Gasteiger partial charge in [0.1, 0.15) is 18.2 Å². The molecule has 4 nitrogen and oxygen atoms in total. The van der Waals surface area contributed by atoms with Gasteiger partial charge in [-0.15, -0.1) is 11.3 Å². The van der Waals surface area contributed by atoms with E-state index in [-0.39, 0.29) is 0 Å². The van der Waals surface area contributed by atoms with E-state index in [2.05, 4.69) is 34.5 Å². The summed E-state index contributed by atoms with van der Waals surface area (Å²) < 4.78 is 11.2. The van der Waals surface area contributed by atoms with Crippen molar-refractivity contribution in [2.75, 3.05) is 32.2 Å². The van der Waals surface area contributed by atoms with Crippen LogP contribution in [0.25, 0.3) is 21.8 Å². The van der Waals surface area contributed by atoms with E-state index in [9.17, 15) is 0 Å². The number of aromatic nitrogens is 1. The first kappa shape index (κ1) is 15.0. The molecule has 1 aliphatic rings. The molecule has 0 amide bonds. The van der Waals surface area contributed by atoms with Crippen molar-refractivity contribution in [3.8, 4) is 33.3 Å². The molecule has 5 heteroatoms. The minimum atomic E-state index is 0.594. The number of hydrogen-bond acceptors (Lipinski definition) is 5. The van der Waals surface area contributed by atoms with Gasteiger partial charge in [0.25, 0.3) is 0 Å². The Labute approximate surface area is 145 Å². The van der Waals surface area contributed by atoms with Crippen molar-refractivity contribution in [3.63, 3.8) is 0 Å². The summed E-state index contributed by atoms with van der Waals surface area (Å²) in [6, 6.07) is 14.4. The molecule has 122 valence electrons. The van der Waals surface area contributed by atoms with Gasteiger partial charge in [-0.3, -0.25) is 0 Å². The number of ether oxygens (including phenoxy) is 2. The molecule has 0 bridgehead atoms. The van der Waals surface area contributed by atoms with Gasteiger partial charge in [0.15, 0.2) is 11.5 Å². The van der Waals surface area contributed by atoms with Crippen LogP contribution in [0.4, 0.5) is 5.69 Å². The van der Waals surface area contributed by atoms with Crippen LogP contribution in [0.5, 0.6) is 11.5 Å². The summed E-state index contributed by atoms with van der Waals surface area (Å²) in [6.45, 7) is 1.20. The van der Waals surface area contributed by atoms with Crippen molar-refractivity contribution in [1.82, 2.24) is 4.98 Å². The predicted octanol–water partition coefficient (Wildman–Crippen LogP) is 4.31. The van der Waals surface area contributed by atoms with E-state index in [1.807, 2.05) is 32.3 Å². The molecule has 3 aromatic rings. The quantitative estimate of drug-likeness (QED) is 0.712. The lowest BCUT2D eigenvalue weighted by molar-refractivity contribution is 0.171. The lowest BCUT2D eigenvalue weighted by Crippen LogP contribution is -2.15. The first-order valence-electron chi connectivity index (χ1n) is 7.84. The standard InChI is InChI=1S/C19H18N2O2S/c1-21(2)15-6-3-13(4-7-15)19-20-16(12-24-19)14-5-8-17-18(11-14)23-10-9-22-17/h3-8,11-12H,9-10H2,1-2H3. The van der Waals surface area contributed by atoms with E-state index >= 15 is 0 Å². The normalized spacial score (nSPS) is 12.9. The maximum Gasteiger partial charge on any atom is 0.162 e. The number of fused-ring (bicyclic) bond motifs is 1. The highest BCUT2D eigenvalue weighted by atomic mass is 32.1. The van der Waals surface area contributed by atoms with Crippen molar-refractivity contribution in [3.05, 3.63) is 47.8 Å². The molecule has 0 saturated heterocycles. The number of hydrogen-bond donors (Lipinski definition) is 0. The molecule has 2 heterocycles. The van der Waals surface area contributed by atoms with Crippen molar-refractivity contribution in [2.24, 2.45) is 0 Å². The molecule has 0 N–H and O–H groups in total. The zero-order valence-electron chi connectivity index (χ0n) is 13.7. The smallest absolute Gasteiger partial charge is 0.162 e. The van der Waals surface area contributed by atoms with Crippen LogP contribution in [0.2, 0.25) is 0 Å². The summed E-state index contributed by atoms with van der Waals surface area (Å²) in [6.07, 6.45) is 0. The van der Waals surface area contributed by atoms with Crippen molar-refractivity contribution in [2.45, 2.75) is 0 Å². The minimum absolute atomic E-state index is 0.594. The van der Waals surface area contributed by atoms with Gasteiger partial charge in [0.05, 0.1) is 5.69 Å². The zero-order chi connectivity index (χ0) is 16.5. The molecule has 1 aromatic heterocycles. The molecular formula is C19H18N2O2S. The second-order valence-electron chi connectivity index (χ2n) is 5.84. The highest BCUT2D eigenvalue weighted by Crippen LogP contribution is 2.36. The van der Waals surface area contributed by atoms with Crippen LogP contribution in [0.3, 0.4) is 0 Å². The van der Waals surface area contributed by atoms with Gasteiger partial charge in [-0.25, -0.2) is 4.98 Å². The number of rotatable bonds is 3. The van der Waals surface area contributed by atoms with E-state index in [0.717, 1.165) is 33.3 Å².